The standard InChI is InChI=1S/C21H27N3O2S/c25-20(23-21-22-9-14-27-21)19(15-16-3-1-2-4-16)17-5-7-18(8-6-17)24-10-12-26-13-11-24/h5-9,14,16,19H,1-4,10-13,15H2,(H,22,23,25). The van der Waals surface area contributed by atoms with E-state index in [1.165, 1.54) is 42.7 Å². The Balaban J connectivity index is 1.50. The van der Waals surface area contributed by atoms with Crippen LogP contribution in [0.25, 0.3) is 0 Å². The molecule has 0 spiro atoms. The lowest BCUT2D eigenvalue weighted by atomic mass is 9.87. The Morgan fingerprint density at radius 2 is 1.96 bits per heavy atom. The van der Waals surface area contributed by atoms with Gasteiger partial charge in [0.05, 0.1) is 19.1 Å². The molecule has 2 fully saturated rings. The molecule has 4 rings (SSSR count). The van der Waals surface area contributed by atoms with E-state index in [2.05, 4.69) is 39.5 Å². The van der Waals surface area contributed by atoms with Crippen molar-refractivity contribution in [3.63, 3.8) is 0 Å². The van der Waals surface area contributed by atoms with Crippen molar-refractivity contribution in [3.8, 4) is 0 Å². The minimum Gasteiger partial charge on any atom is -0.378 e. The van der Waals surface area contributed by atoms with Crippen LogP contribution in [0.2, 0.25) is 0 Å². The molecule has 2 aromatic rings. The molecule has 1 aliphatic heterocycles. The lowest BCUT2D eigenvalue weighted by Crippen LogP contribution is -2.36. The van der Waals surface area contributed by atoms with Crippen molar-refractivity contribution in [2.75, 3.05) is 36.5 Å². The van der Waals surface area contributed by atoms with Gasteiger partial charge in [0.25, 0.3) is 0 Å². The van der Waals surface area contributed by atoms with E-state index in [1.807, 2.05) is 5.38 Å². The predicted octanol–water partition coefficient (Wildman–Crippen LogP) is 4.28. The molecule has 1 saturated carbocycles. The van der Waals surface area contributed by atoms with Crippen molar-refractivity contribution in [2.24, 2.45) is 5.92 Å². The van der Waals surface area contributed by atoms with Gasteiger partial charge < -0.3 is 15.0 Å². The number of benzene rings is 1. The largest absolute Gasteiger partial charge is 0.378 e. The minimum absolute atomic E-state index is 0.0657. The van der Waals surface area contributed by atoms with Crippen LogP contribution < -0.4 is 10.2 Å². The number of hydrogen-bond acceptors (Lipinski definition) is 5. The maximum absolute atomic E-state index is 13.0. The molecule has 0 radical (unpaired) electrons. The van der Waals surface area contributed by atoms with Crippen LogP contribution in [-0.4, -0.2) is 37.2 Å². The van der Waals surface area contributed by atoms with E-state index in [4.69, 9.17) is 4.74 Å². The number of carbonyl (C=O) groups is 1. The number of aromatic nitrogens is 1. The summed E-state index contributed by atoms with van der Waals surface area (Å²) in [5.41, 5.74) is 2.31. The Kier molecular flexibility index (Phi) is 6.04. The zero-order valence-electron chi connectivity index (χ0n) is 15.6. The first-order valence-corrected chi connectivity index (χ1v) is 10.8. The van der Waals surface area contributed by atoms with Gasteiger partial charge >= 0.3 is 0 Å². The minimum atomic E-state index is -0.115. The van der Waals surface area contributed by atoms with Crippen LogP contribution in [-0.2, 0) is 9.53 Å². The summed E-state index contributed by atoms with van der Waals surface area (Å²) < 4.78 is 5.44. The summed E-state index contributed by atoms with van der Waals surface area (Å²) >= 11 is 1.47. The number of rotatable bonds is 6. The molecule has 1 unspecified atom stereocenters. The highest BCUT2D eigenvalue weighted by Gasteiger charge is 2.27. The quantitative estimate of drug-likeness (QED) is 0.806. The van der Waals surface area contributed by atoms with Gasteiger partial charge in [0.1, 0.15) is 0 Å². The molecular formula is C21H27N3O2S. The van der Waals surface area contributed by atoms with Crippen molar-refractivity contribution in [1.82, 2.24) is 4.98 Å². The summed E-state index contributed by atoms with van der Waals surface area (Å²) in [4.78, 5) is 19.6. The van der Waals surface area contributed by atoms with Crippen LogP contribution in [0.1, 0.15) is 43.6 Å². The van der Waals surface area contributed by atoms with Gasteiger partial charge in [0.15, 0.2) is 5.13 Å². The van der Waals surface area contributed by atoms with Crippen molar-refractivity contribution < 1.29 is 9.53 Å². The Morgan fingerprint density at radius 1 is 1.22 bits per heavy atom. The van der Waals surface area contributed by atoms with Gasteiger partial charge in [0, 0.05) is 30.4 Å². The molecular weight excluding hydrogens is 358 g/mol. The Hall–Kier alpha value is -1.92. The average Bonchev–Trinajstić information content (AvgIpc) is 3.41. The van der Waals surface area contributed by atoms with E-state index in [1.54, 1.807) is 6.20 Å². The second-order valence-corrected chi connectivity index (χ2v) is 8.35. The molecule has 1 aromatic heterocycles. The Morgan fingerprint density at radius 3 is 2.63 bits per heavy atom. The first kappa shape index (κ1) is 18.4. The van der Waals surface area contributed by atoms with Crippen LogP contribution in [0.5, 0.6) is 0 Å². The summed E-state index contributed by atoms with van der Waals surface area (Å²) in [6.07, 6.45) is 7.72. The van der Waals surface area contributed by atoms with Crippen LogP contribution in [0, 0.1) is 5.92 Å². The molecule has 5 nitrogen and oxygen atoms in total. The van der Waals surface area contributed by atoms with Crippen molar-refractivity contribution in [3.05, 3.63) is 41.4 Å². The van der Waals surface area contributed by atoms with E-state index in [0.29, 0.717) is 11.0 Å². The molecule has 27 heavy (non-hydrogen) atoms. The molecule has 144 valence electrons. The van der Waals surface area contributed by atoms with Crippen LogP contribution in [0.15, 0.2) is 35.8 Å². The SMILES string of the molecule is O=C(Nc1nccs1)C(CC1CCCC1)c1ccc(N2CCOCC2)cc1. The smallest absolute Gasteiger partial charge is 0.233 e. The highest BCUT2D eigenvalue weighted by atomic mass is 32.1. The first-order valence-electron chi connectivity index (χ1n) is 9.92. The van der Waals surface area contributed by atoms with Gasteiger partial charge in [0.2, 0.25) is 5.91 Å². The van der Waals surface area contributed by atoms with Gasteiger partial charge in [-0.2, -0.15) is 0 Å². The number of nitrogens with zero attached hydrogens (tertiary/aromatic N) is 2. The molecule has 2 aliphatic rings. The molecule has 1 atom stereocenters. The number of nitrogens with one attached hydrogen (secondary N) is 1. The van der Waals surface area contributed by atoms with Gasteiger partial charge in [-0.3, -0.25) is 4.79 Å². The van der Waals surface area contributed by atoms with Crippen molar-refractivity contribution >= 4 is 28.1 Å². The summed E-state index contributed by atoms with van der Waals surface area (Å²) in [5, 5.41) is 5.58. The summed E-state index contributed by atoms with van der Waals surface area (Å²) in [6.45, 7) is 3.41. The van der Waals surface area contributed by atoms with Crippen molar-refractivity contribution in [2.45, 2.75) is 38.0 Å². The second-order valence-electron chi connectivity index (χ2n) is 7.46. The Bertz CT molecular complexity index is 720. The van der Waals surface area contributed by atoms with E-state index in [9.17, 15) is 4.79 Å². The fourth-order valence-corrected chi connectivity index (χ4v) is 4.72. The summed E-state index contributed by atoms with van der Waals surface area (Å²) in [7, 11) is 0. The molecule has 1 aromatic carbocycles. The molecule has 0 bridgehead atoms. The van der Waals surface area contributed by atoms with Crippen LogP contribution >= 0.6 is 11.3 Å². The van der Waals surface area contributed by atoms with E-state index in [-0.39, 0.29) is 11.8 Å². The van der Waals surface area contributed by atoms with Gasteiger partial charge in [-0.05, 0) is 30.0 Å². The second kappa shape index (κ2) is 8.85. The molecule has 1 amide bonds. The number of ether oxygens (including phenoxy) is 1. The van der Waals surface area contributed by atoms with Gasteiger partial charge in [-0.15, -0.1) is 11.3 Å². The highest BCUT2D eigenvalue weighted by molar-refractivity contribution is 7.13. The number of thiazole rings is 1. The third-order valence-electron chi connectivity index (χ3n) is 5.69. The third-order valence-corrected chi connectivity index (χ3v) is 6.38. The third kappa shape index (κ3) is 4.68. The zero-order valence-corrected chi connectivity index (χ0v) is 16.4. The Labute approximate surface area is 164 Å². The molecule has 1 N–H and O–H groups in total. The predicted molar refractivity (Wildman–Crippen MR) is 110 cm³/mol. The number of morpholine rings is 1. The number of hydrogen-bond donors (Lipinski definition) is 1. The normalized spacial score (nSPS) is 19.2. The molecule has 1 saturated heterocycles. The van der Waals surface area contributed by atoms with E-state index in [0.717, 1.165) is 38.3 Å². The van der Waals surface area contributed by atoms with Crippen LogP contribution in [0.4, 0.5) is 10.8 Å². The highest BCUT2D eigenvalue weighted by Crippen LogP contribution is 2.35. The van der Waals surface area contributed by atoms with Gasteiger partial charge in [-0.25, -0.2) is 4.98 Å². The molecule has 6 heteroatoms. The van der Waals surface area contributed by atoms with Crippen LogP contribution in [0.3, 0.4) is 0 Å². The average molecular weight is 386 g/mol. The zero-order chi connectivity index (χ0) is 18.5. The summed E-state index contributed by atoms with van der Waals surface area (Å²) in [5.74, 6) is 0.600. The maximum Gasteiger partial charge on any atom is 0.233 e. The summed E-state index contributed by atoms with van der Waals surface area (Å²) in [6, 6.07) is 8.57. The molecule has 1 aliphatic carbocycles. The topological polar surface area (TPSA) is 54.5 Å². The lowest BCUT2D eigenvalue weighted by Gasteiger charge is -2.29. The maximum atomic E-state index is 13.0. The lowest BCUT2D eigenvalue weighted by molar-refractivity contribution is -0.118. The number of amides is 1. The van der Waals surface area contributed by atoms with E-state index < -0.39 is 0 Å². The van der Waals surface area contributed by atoms with Gasteiger partial charge in [-0.1, -0.05) is 37.8 Å². The molecule has 2 heterocycles. The first-order chi connectivity index (χ1) is 13.3. The monoisotopic (exact) mass is 385 g/mol. The fourth-order valence-electron chi connectivity index (χ4n) is 4.19. The van der Waals surface area contributed by atoms with E-state index >= 15 is 0 Å². The fraction of sp³-hybridized carbons (Fsp3) is 0.524. The number of anilines is 2. The van der Waals surface area contributed by atoms with Crippen molar-refractivity contribution in [1.29, 1.82) is 0 Å². The number of carbonyl (C=O) groups excluding carboxylic acids is 1.